The molecule has 0 atom stereocenters. The van der Waals surface area contributed by atoms with Crippen LogP contribution < -0.4 is 0 Å². The van der Waals surface area contributed by atoms with E-state index in [1.54, 1.807) is 7.11 Å². The Balaban J connectivity index is 1.99. The summed E-state index contributed by atoms with van der Waals surface area (Å²) in [7, 11) is 1.67. The van der Waals surface area contributed by atoms with Crippen molar-refractivity contribution >= 4 is 11.6 Å². The zero-order valence-electron chi connectivity index (χ0n) is 13.3. The van der Waals surface area contributed by atoms with Gasteiger partial charge in [-0.3, -0.25) is 0 Å². The minimum Gasteiger partial charge on any atom is -0.394 e. The number of methoxy groups -OCH3 is 1. The van der Waals surface area contributed by atoms with Crippen LogP contribution in [0.25, 0.3) is 0 Å². The highest BCUT2D eigenvalue weighted by Crippen LogP contribution is 2.48. The molecule has 0 amide bonds. The molecule has 124 valence electrons. The predicted octanol–water partition coefficient (Wildman–Crippen LogP) is 2.58. The van der Waals surface area contributed by atoms with Crippen LogP contribution >= 0.6 is 11.6 Å². The number of benzene rings is 1. The van der Waals surface area contributed by atoms with Crippen LogP contribution in [-0.2, 0) is 23.1 Å². The zero-order chi connectivity index (χ0) is 16.3. The highest BCUT2D eigenvalue weighted by Gasteiger charge is 2.44. The van der Waals surface area contributed by atoms with E-state index in [4.69, 9.17) is 21.3 Å². The third kappa shape index (κ3) is 3.13. The molecular weight excluding hydrogens is 314 g/mol. The van der Waals surface area contributed by atoms with E-state index in [0.29, 0.717) is 19.6 Å². The van der Waals surface area contributed by atoms with Crippen LogP contribution in [0, 0.1) is 0 Å². The van der Waals surface area contributed by atoms with Crippen LogP contribution in [0.1, 0.15) is 36.5 Å². The monoisotopic (exact) mass is 335 g/mol. The van der Waals surface area contributed by atoms with Gasteiger partial charge in [0.05, 0.1) is 25.2 Å². The molecule has 1 saturated carbocycles. The third-order valence-corrected chi connectivity index (χ3v) is 4.84. The van der Waals surface area contributed by atoms with Crippen LogP contribution in [-0.4, -0.2) is 40.2 Å². The number of halogens is 1. The van der Waals surface area contributed by atoms with Gasteiger partial charge in [0.15, 0.2) is 5.82 Å². The SMILES string of the molecule is COCCc1nc(C2(c3ccc(Cl)cc3)CCC2)n(CCO)n1. The first-order chi connectivity index (χ1) is 11.2. The summed E-state index contributed by atoms with van der Waals surface area (Å²) >= 11 is 6.03. The summed E-state index contributed by atoms with van der Waals surface area (Å²) in [4.78, 5) is 4.79. The summed E-state index contributed by atoms with van der Waals surface area (Å²) < 4.78 is 6.99. The van der Waals surface area contributed by atoms with Gasteiger partial charge in [-0.15, -0.1) is 0 Å². The number of hydrogen-bond donors (Lipinski definition) is 1. The van der Waals surface area contributed by atoms with Crippen molar-refractivity contribution in [3.05, 3.63) is 46.5 Å². The standard InChI is InChI=1S/C17H22ClN3O2/c1-23-12-7-15-19-16(21(20-15)10-11-22)17(8-2-9-17)13-3-5-14(18)6-4-13/h3-6,22H,2,7-12H2,1H3. The molecule has 6 heteroatoms. The first-order valence-electron chi connectivity index (χ1n) is 7.99. The van der Waals surface area contributed by atoms with Crippen molar-refractivity contribution in [3.8, 4) is 0 Å². The molecule has 0 radical (unpaired) electrons. The molecule has 0 saturated heterocycles. The largest absolute Gasteiger partial charge is 0.394 e. The summed E-state index contributed by atoms with van der Waals surface area (Å²) in [5.74, 6) is 1.72. The zero-order valence-corrected chi connectivity index (χ0v) is 14.1. The summed E-state index contributed by atoms with van der Waals surface area (Å²) in [6, 6.07) is 8.01. The second-order valence-corrected chi connectivity index (χ2v) is 6.42. The molecule has 0 unspecified atom stereocenters. The maximum Gasteiger partial charge on any atom is 0.153 e. The van der Waals surface area contributed by atoms with Crippen molar-refractivity contribution in [1.29, 1.82) is 0 Å². The molecular formula is C17H22ClN3O2. The maximum absolute atomic E-state index is 9.36. The van der Waals surface area contributed by atoms with E-state index in [-0.39, 0.29) is 12.0 Å². The topological polar surface area (TPSA) is 60.2 Å². The highest BCUT2D eigenvalue weighted by molar-refractivity contribution is 6.30. The van der Waals surface area contributed by atoms with Gasteiger partial charge < -0.3 is 9.84 Å². The number of rotatable bonds is 7. The lowest BCUT2D eigenvalue weighted by Gasteiger charge is -2.41. The summed E-state index contributed by atoms with van der Waals surface area (Å²) in [5, 5.41) is 14.7. The molecule has 0 bridgehead atoms. The van der Waals surface area contributed by atoms with E-state index in [9.17, 15) is 5.11 Å². The molecule has 0 aliphatic heterocycles. The van der Waals surface area contributed by atoms with Crippen molar-refractivity contribution < 1.29 is 9.84 Å². The number of hydrogen-bond acceptors (Lipinski definition) is 4. The minimum absolute atomic E-state index is 0.0524. The second-order valence-electron chi connectivity index (χ2n) is 5.98. The lowest BCUT2D eigenvalue weighted by atomic mass is 9.64. The minimum atomic E-state index is -0.113. The fourth-order valence-electron chi connectivity index (χ4n) is 3.23. The Morgan fingerprint density at radius 2 is 2.04 bits per heavy atom. The molecule has 1 N–H and O–H groups in total. The van der Waals surface area contributed by atoms with Crippen molar-refractivity contribution in [1.82, 2.24) is 14.8 Å². The fourth-order valence-corrected chi connectivity index (χ4v) is 3.36. The maximum atomic E-state index is 9.36. The van der Waals surface area contributed by atoms with Gasteiger partial charge in [-0.1, -0.05) is 30.2 Å². The van der Waals surface area contributed by atoms with Crippen LogP contribution in [0.5, 0.6) is 0 Å². The Kier molecular flexibility index (Phi) is 4.99. The lowest BCUT2D eigenvalue weighted by Crippen LogP contribution is -2.38. The molecule has 5 nitrogen and oxygen atoms in total. The Hall–Kier alpha value is -1.43. The molecule has 1 fully saturated rings. The fraction of sp³-hybridized carbons (Fsp3) is 0.529. The Morgan fingerprint density at radius 3 is 2.61 bits per heavy atom. The average Bonchev–Trinajstić information content (AvgIpc) is 2.90. The van der Waals surface area contributed by atoms with Gasteiger partial charge in [-0.25, -0.2) is 9.67 Å². The van der Waals surface area contributed by atoms with Crippen molar-refractivity contribution in [2.24, 2.45) is 0 Å². The number of aliphatic hydroxyl groups excluding tert-OH is 1. The van der Waals surface area contributed by atoms with Gasteiger partial charge in [0.1, 0.15) is 5.82 Å². The Morgan fingerprint density at radius 1 is 1.30 bits per heavy atom. The Bertz CT molecular complexity index is 650. The van der Waals surface area contributed by atoms with Crippen LogP contribution in [0.15, 0.2) is 24.3 Å². The molecule has 1 aliphatic rings. The van der Waals surface area contributed by atoms with Crippen LogP contribution in [0.4, 0.5) is 0 Å². The van der Waals surface area contributed by atoms with E-state index in [1.165, 1.54) is 12.0 Å². The van der Waals surface area contributed by atoms with Crippen LogP contribution in [0.2, 0.25) is 5.02 Å². The summed E-state index contributed by atoms with van der Waals surface area (Å²) in [6.07, 6.45) is 3.94. The van der Waals surface area contributed by atoms with Gasteiger partial charge >= 0.3 is 0 Å². The van der Waals surface area contributed by atoms with Gasteiger partial charge in [-0.05, 0) is 30.5 Å². The smallest absolute Gasteiger partial charge is 0.153 e. The molecule has 1 heterocycles. The molecule has 23 heavy (non-hydrogen) atoms. The van der Waals surface area contributed by atoms with Crippen molar-refractivity contribution in [2.75, 3.05) is 20.3 Å². The average molecular weight is 336 g/mol. The molecule has 3 rings (SSSR count). The van der Waals surface area contributed by atoms with Crippen LogP contribution in [0.3, 0.4) is 0 Å². The molecule has 1 aromatic carbocycles. The quantitative estimate of drug-likeness (QED) is 0.845. The lowest BCUT2D eigenvalue weighted by molar-refractivity contribution is 0.200. The third-order valence-electron chi connectivity index (χ3n) is 4.59. The Labute approximate surface area is 141 Å². The van der Waals surface area contributed by atoms with E-state index in [0.717, 1.165) is 29.5 Å². The van der Waals surface area contributed by atoms with Crippen molar-refractivity contribution in [2.45, 2.75) is 37.6 Å². The van der Waals surface area contributed by atoms with E-state index in [1.807, 2.05) is 16.8 Å². The summed E-state index contributed by atoms with van der Waals surface area (Å²) in [6.45, 7) is 1.11. The molecule has 1 aliphatic carbocycles. The van der Waals surface area contributed by atoms with E-state index >= 15 is 0 Å². The summed E-state index contributed by atoms with van der Waals surface area (Å²) in [5.41, 5.74) is 1.11. The highest BCUT2D eigenvalue weighted by atomic mass is 35.5. The van der Waals surface area contributed by atoms with E-state index in [2.05, 4.69) is 17.2 Å². The number of nitrogens with zero attached hydrogens (tertiary/aromatic N) is 3. The van der Waals surface area contributed by atoms with Gasteiger partial charge in [-0.2, -0.15) is 5.10 Å². The van der Waals surface area contributed by atoms with Gasteiger partial charge in [0, 0.05) is 18.6 Å². The van der Waals surface area contributed by atoms with E-state index < -0.39 is 0 Å². The number of ether oxygens (including phenoxy) is 1. The molecule has 1 aromatic heterocycles. The van der Waals surface area contributed by atoms with Gasteiger partial charge in [0.2, 0.25) is 0 Å². The number of aliphatic hydroxyl groups is 1. The first-order valence-corrected chi connectivity index (χ1v) is 8.37. The normalized spacial score (nSPS) is 16.3. The second kappa shape index (κ2) is 6.99. The molecule has 2 aromatic rings. The predicted molar refractivity (Wildman–Crippen MR) is 88.8 cm³/mol. The van der Waals surface area contributed by atoms with Crippen molar-refractivity contribution in [3.63, 3.8) is 0 Å². The number of aromatic nitrogens is 3. The molecule has 0 spiro atoms. The van der Waals surface area contributed by atoms with Gasteiger partial charge in [0.25, 0.3) is 0 Å². The first kappa shape index (κ1) is 16.4.